The maximum atomic E-state index is 14.0. The van der Waals surface area contributed by atoms with Crippen LogP contribution in [0.25, 0.3) is 16.5 Å². The van der Waals surface area contributed by atoms with Crippen LogP contribution >= 0.6 is 23.1 Å². The molecule has 2 atom stereocenters. The number of anilines is 1. The first-order chi connectivity index (χ1) is 25.9. The van der Waals surface area contributed by atoms with Gasteiger partial charge in [0.1, 0.15) is 24.2 Å². The first-order valence-corrected chi connectivity index (χ1v) is 19.2. The highest BCUT2D eigenvalue weighted by Gasteiger charge is 2.48. The van der Waals surface area contributed by atoms with E-state index in [0.717, 1.165) is 33.2 Å². The zero-order chi connectivity index (χ0) is 36.5. The summed E-state index contributed by atoms with van der Waals surface area (Å²) < 4.78 is 18.7. The predicted molar refractivity (Wildman–Crippen MR) is 207 cm³/mol. The Balaban J connectivity index is 1.17. The molecule has 2 aliphatic heterocycles. The quantitative estimate of drug-likeness (QED) is 0.0458. The largest absolute Gasteiger partial charge is 0.507 e. The van der Waals surface area contributed by atoms with Crippen LogP contribution in [0, 0.1) is 0 Å². The van der Waals surface area contributed by atoms with E-state index in [1.165, 1.54) is 28.0 Å². The number of benzene rings is 5. The van der Waals surface area contributed by atoms with Gasteiger partial charge in [0, 0.05) is 17.7 Å². The molecule has 1 saturated heterocycles. The highest BCUT2D eigenvalue weighted by atomic mass is 32.2. The van der Waals surface area contributed by atoms with Gasteiger partial charge >= 0.3 is 5.91 Å². The first-order valence-electron chi connectivity index (χ1n) is 17.3. The van der Waals surface area contributed by atoms with Crippen molar-refractivity contribution in [3.05, 3.63) is 143 Å². The summed E-state index contributed by atoms with van der Waals surface area (Å²) in [6.45, 7) is 4.53. The van der Waals surface area contributed by atoms with Gasteiger partial charge in [0.2, 0.25) is 5.13 Å². The Morgan fingerprint density at radius 1 is 0.925 bits per heavy atom. The summed E-state index contributed by atoms with van der Waals surface area (Å²) in [5.74, 6) is 0.419. The normalized spacial score (nSPS) is 17.6. The fourth-order valence-electron chi connectivity index (χ4n) is 6.80. The number of thioether (sulfide) groups is 1. The number of nitrogens with zero attached hydrogens (tertiary/aromatic N) is 3. The number of fused-ring (bicyclic) bond motifs is 2. The number of Topliss-reactive ketones (excluding diaryl/α,β-unsaturated/α-hetero) is 1. The fourth-order valence-corrected chi connectivity index (χ4v) is 8.68. The summed E-state index contributed by atoms with van der Waals surface area (Å²) in [4.78, 5) is 29.4. The third-order valence-corrected chi connectivity index (χ3v) is 11.4. The Hall–Kier alpha value is -5.65. The summed E-state index contributed by atoms with van der Waals surface area (Å²) in [6.07, 6.45) is 0.665. The molecule has 0 bridgehead atoms. The van der Waals surface area contributed by atoms with Gasteiger partial charge in [-0.1, -0.05) is 102 Å². The van der Waals surface area contributed by atoms with E-state index in [4.69, 9.17) is 14.2 Å². The monoisotopic (exact) mass is 741 g/mol. The standard InChI is InChI=1S/C42H35N3O6S2/c1-3-49-35-22-28(16-19-34(35)50-23-26-10-5-4-6-11-26)37-36(38(46)29-17-18-33-31(21-29)20-25(2)51-33)39(47)40(48)45(37)41-43-44-42(53-41)52-24-30-14-9-13-27-12-7-8-15-32(27)30/h4-19,21-22,25,37,46H,3,20,23-24H2,1-2H3/t25-,37-/m1/s1. The zero-order valence-electron chi connectivity index (χ0n) is 29.0. The lowest BCUT2D eigenvalue weighted by molar-refractivity contribution is -0.132. The van der Waals surface area contributed by atoms with Crippen LogP contribution in [0.3, 0.4) is 0 Å². The van der Waals surface area contributed by atoms with Gasteiger partial charge in [-0.25, -0.2) is 0 Å². The van der Waals surface area contributed by atoms with Gasteiger partial charge in [0.25, 0.3) is 5.78 Å². The van der Waals surface area contributed by atoms with Crippen molar-refractivity contribution < 1.29 is 28.9 Å². The molecule has 9 nitrogen and oxygen atoms in total. The number of aliphatic hydroxyl groups excluding tert-OH is 1. The molecule has 3 heterocycles. The van der Waals surface area contributed by atoms with Crippen molar-refractivity contribution in [1.82, 2.24) is 10.2 Å². The Labute approximate surface area is 314 Å². The van der Waals surface area contributed by atoms with Crippen LogP contribution in [0.1, 0.15) is 47.7 Å². The summed E-state index contributed by atoms with van der Waals surface area (Å²) in [7, 11) is 0. The molecule has 53 heavy (non-hydrogen) atoms. The average molecular weight is 742 g/mol. The molecule has 1 N–H and O–H groups in total. The molecule has 266 valence electrons. The molecule has 8 rings (SSSR count). The molecule has 0 spiro atoms. The highest BCUT2D eigenvalue weighted by molar-refractivity contribution is 8.00. The first kappa shape index (κ1) is 34.4. The highest BCUT2D eigenvalue weighted by Crippen LogP contribution is 2.46. The van der Waals surface area contributed by atoms with Crippen LogP contribution in [0.4, 0.5) is 5.13 Å². The number of aliphatic hydroxyl groups is 1. The van der Waals surface area contributed by atoms with Crippen LogP contribution in [0.15, 0.2) is 119 Å². The van der Waals surface area contributed by atoms with Crippen LogP contribution in [-0.2, 0) is 28.4 Å². The number of carbonyl (C=O) groups excluding carboxylic acids is 2. The van der Waals surface area contributed by atoms with Gasteiger partial charge in [0.05, 0.1) is 18.2 Å². The molecule has 1 amide bonds. The van der Waals surface area contributed by atoms with Crippen molar-refractivity contribution in [2.24, 2.45) is 0 Å². The summed E-state index contributed by atoms with van der Waals surface area (Å²) in [5, 5.41) is 23.3. The number of rotatable bonds is 11. The zero-order valence-corrected chi connectivity index (χ0v) is 30.7. The summed E-state index contributed by atoms with van der Waals surface area (Å²) >= 11 is 2.73. The molecule has 1 aromatic heterocycles. The number of amides is 1. The molecule has 5 aromatic carbocycles. The minimum absolute atomic E-state index is 0.00216. The Kier molecular flexibility index (Phi) is 9.59. The molecule has 0 aliphatic carbocycles. The van der Waals surface area contributed by atoms with Crippen molar-refractivity contribution in [1.29, 1.82) is 0 Å². The van der Waals surface area contributed by atoms with Crippen LogP contribution in [0.2, 0.25) is 0 Å². The van der Waals surface area contributed by atoms with Gasteiger partial charge in [-0.3, -0.25) is 14.5 Å². The lowest BCUT2D eigenvalue weighted by Gasteiger charge is -2.24. The van der Waals surface area contributed by atoms with E-state index in [-0.39, 0.29) is 22.6 Å². The third-order valence-electron chi connectivity index (χ3n) is 9.27. The van der Waals surface area contributed by atoms with Gasteiger partial charge < -0.3 is 19.3 Å². The molecular weight excluding hydrogens is 707 g/mol. The van der Waals surface area contributed by atoms with Gasteiger partial charge in [0.15, 0.2) is 15.8 Å². The molecule has 0 unspecified atom stereocenters. The second kappa shape index (κ2) is 14.8. The third kappa shape index (κ3) is 6.85. The molecule has 6 aromatic rings. The second-order valence-electron chi connectivity index (χ2n) is 12.8. The van der Waals surface area contributed by atoms with Crippen LogP contribution in [0.5, 0.6) is 17.2 Å². The number of carbonyl (C=O) groups is 2. The second-order valence-corrected chi connectivity index (χ2v) is 15.0. The van der Waals surface area contributed by atoms with E-state index in [1.807, 2.05) is 68.4 Å². The van der Waals surface area contributed by atoms with E-state index in [9.17, 15) is 14.7 Å². The van der Waals surface area contributed by atoms with E-state index >= 15 is 0 Å². The van der Waals surface area contributed by atoms with Gasteiger partial charge in [-0.15, -0.1) is 10.2 Å². The lowest BCUT2D eigenvalue weighted by Crippen LogP contribution is -2.29. The number of hydrogen-bond acceptors (Lipinski definition) is 10. The Morgan fingerprint density at radius 2 is 1.74 bits per heavy atom. The van der Waals surface area contributed by atoms with E-state index in [1.54, 1.807) is 30.3 Å². The molecule has 11 heteroatoms. The van der Waals surface area contributed by atoms with Crippen LogP contribution < -0.4 is 19.1 Å². The van der Waals surface area contributed by atoms with E-state index in [2.05, 4.69) is 34.5 Å². The predicted octanol–water partition coefficient (Wildman–Crippen LogP) is 8.91. The van der Waals surface area contributed by atoms with E-state index < -0.39 is 17.7 Å². The maximum Gasteiger partial charge on any atom is 0.301 e. The fraction of sp³-hybridized carbons (Fsp3) is 0.190. The maximum absolute atomic E-state index is 14.0. The van der Waals surface area contributed by atoms with Crippen molar-refractivity contribution in [3.8, 4) is 17.2 Å². The van der Waals surface area contributed by atoms with Gasteiger partial charge in [-0.05, 0) is 77.2 Å². The molecule has 0 radical (unpaired) electrons. The molecule has 1 fully saturated rings. The lowest BCUT2D eigenvalue weighted by atomic mass is 9.94. The molecular formula is C42H35N3O6S2. The van der Waals surface area contributed by atoms with Crippen molar-refractivity contribution >= 4 is 56.5 Å². The summed E-state index contributed by atoms with van der Waals surface area (Å²) in [6, 6.07) is 33.8. The Morgan fingerprint density at radius 3 is 2.58 bits per heavy atom. The van der Waals surface area contributed by atoms with Gasteiger partial charge in [-0.2, -0.15) is 0 Å². The smallest absolute Gasteiger partial charge is 0.301 e. The van der Waals surface area contributed by atoms with Crippen molar-refractivity contribution in [2.45, 2.75) is 49.1 Å². The number of hydrogen-bond donors (Lipinski definition) is 1. The van der Waals surface area contributed by atoms with Crippen LogP contribution in [-0.4, -0.2) is 39.7 Å². The molecule has 2 aliphatic rings. The molecule has 0 saturated carbocycles. The topological polar surface area (TPSA) is 111 Å². The number of ether oxygens (including phenoxy) is 3. The van der Waals surface area contributed by atoms with Crippen molar-refractivity contribution in [2.75, 3.05) is 11.5 Å². The van der Waals surface area contributed by atoms with E-state index in [0.29, 0.717) is 52.4 Å². The van der Waals surface area contributed by atoms with Crippen molar-refractivity contribution in [3.63, 3.8) is 0 Å². The summed E-state index contributed by atoms with van der Waals surface area (Å²) in [5.41, 5.74) is 3.97. The minimum atomic E-state index is -1.02. The minimum Gasteiger partial charge on any atom is -0.507 e. The number of ketones is 1. The SMILES string of the molecule is CCOc1cc([C@@H]2C(=C(O)c3ccc4c(c3)C[C@@H](C)O4)C(=O)C(=O)N2c2nnc(SCc3cccc4ccccc34)s2)ccc1OCc1ccccc1. The average Bonchev–Trinajstić information content (AvgIpc) is 3.88. The Bertz CT molecular complexity index is 2370. The number of aromatic nitrogens is 2.